The minimum Gasteiger partial charge on any atom is -0.312 e. The first-order chi connectivity index (χ1) is 7.83. The summed E-state index contributed by atoms with van der Waals surface area (Å²) < 4.78 is 0. The van der Waals surface area contributed by atoms with Crippen LogP contribution in [0.3, 0.4) is 0 Å². The van der Waals surface area contributed by atoms with Crippen molar-refractivity contribution in [2.75, 3.05) is 6.54 Å². The van der Waals surface area contributed by atoms with Crippen molar-refractivity contribution in [1.82, 2.24) is 4.90 Å². The van der Waals surface area contributed by atoms with Gasteiger partial charge in [0, 0.05) is 12.6 Å². The third kappa shape index (κ3) is 2.67. The van der Waals surface area contributed by atoms with E-state index in [0.717, 1.165) is 12.0 Å². The van der Waals surface area contributed by atoms with Crippen LogP contribution in [0, 0.1) is 5.92 Å². The predicted octanol–water partition coefficient (Wildman–Crippen LogP) is 2.89. The molecule has 2 atom stereocenters. The van der Waals surface area contributed by atoms with Crippen molar-refractivity contribution >= 4 is 0 Å². The number of piperidine rings is 1. The molecule has 2 unspecified atom stereocenters. The van der Waals surface area contributed by atoms with Gasteiger partial charge >= 0.3 is 0 Å². The van der Waals surface area contributed by atoms with E-state index in [4.69, 9.17) is 5.73 Å². The van der Waals surface area contributed by atoms with Crippen LogP contribution in [0.2, 0.25) is 0 Å². The van der Waals surface area contributed by atoms with Crippen molar-refractivity contribution in [1.29, 1.82) is 0 Å². The Kier molecular flexibility index (Phi) is 4.42. The monoisotopic (exact) mass is 222 g/mol. The normalized spacial score (nSPS) is 31.2. The molecule has 0 bridgehead atoms. The Labute approximate surface area is 99.9 Å². The molecule has 1 heterocycles. The maximum absolute atomic E-state index is 6.15. The van der Waals surface area contributed by atoms with Crippen LogP contribution in [-0.2, 0) is 0 Å². The first kappa shape index (κ1) is 12.1. The summed E-state index contributed by atoms with van der Waals surface area (Å²) in [6.07, 6.45) is 13.2. The maximum Gasteiger partial charge on any atom is 0.0763 e. The fourth-order valence-corrected chi connectivity index (χ4v) is 3.51. The highest BCUT2D eigenvalue weighted by Crippen LogP contribution is 2.34. The van der Waals surface area contributed by atoms with E-state index in [1.54, 1.807) is 0 Å². The number of nitrogens with two attached hydrogens (primary N) is 1. The van der Waals surface area contributed by atoms with Gasteiger partial charge in [0.25, 0.3) is 0 Å². The Balaban J connectivity index is 1.99. The molecule has 2 heteroatoms. The number of nitrogens with zero attached hydrogens (tertiary/aromatic N) is 1. The van der Waals surface area contributed by atoms with E-state index in [2.05, 4.69) is 11.5 Å². The molecule has 2 aliphatic rings. The van der Waals surface area contributed by atoms with Gasteiger partial charge in [-0.15, -0.1) is 6.58 Å². The summed E-state index contributed by atoms with van der Waals surface area (Å²) in [6, 6.07) is 0.738. The van der Waals surface area contributed by atoms with Gasteiger partial charge in [0.1, 0.15) is 0 Å². The van der Waals surface area contributed by atoms with Crippen LogP contribution < -0.4 is 5.73 Å². The minimum absolute atomic E-state index is 0.0761. The van der Waals surface area contributed by atoms with Crippen molar-refractivity contribution in [3.05, 3.63) is 12.7 Å². The molecule has 0 radical (unpaired) electrons. The van der Waals surface area contributed by atoms with Gasteiger partial charge in [0.15, 0.2) is 0 Å². The van der Waals surface area contributed by atoms with E-state index in [9.17, 15) is 0 Å². The van der Waals surface area contributed by atoms with E-state index in [-0.39, 0.29) is 6.17 Å². The summed E-state index contributed by atoms with van der Waals surface area (Å²) in [6.45, 7) is 5.02. The largest absolute Gasteiger partial charge is 0.312 e. The molecule has 2 nitrogen and oxygen atoms in total. The summed E-state index contributed by atoms with van der Waals surface area (Å²) in [7, 11) is 0. The van der Waals surface area contributed by atoms with Gasteiger partial charge in [-0.2, -0.15) is 0 Å². The Morgan fingerprint density at radius 3 is 2.44 bits per heavy atom. The van der Waals surface area contributed by atoms with Crippen LogP contribution in [0.1, 0.15) is 51.4 Å². The summed E-state index contributed by atoms with van der Waals surface area (Å²) >= 11 is 0. The topological polar surface area (TPSA) is 29.3 Å². The van der Waals surface area contributed by atoms with E-state index in [1.807, 2.05) is 6.08 Å². The van der Waals surface area contributed by atoms with Gasteiger partial charge in [-0.1, -0.05) is 31.8 Å². The molecule has 0 amide bonds. The molecule has 0 aromatic rings. The third-order valence-corrected chi connectivity index (χ3v) is 4.41. The second-order valence-corrected chi connectivity index (χ2v) is 5.43. The highest BCUT2D eigenvalue weighted by molar-refractivity contribution is 4.92. The molecule has 0 aromatic heterocycles. The van der Waals surface area contributed by atoms with Crippen LogP contribution in [0.25, 0.3) is 0 Å². The lowest BCUT2D eigenvalue weighted by Crippen LogP contribution is -2.52. The third-order valence-electron chi connectivity index (χ3n) is 4.41. The molecule has 2 N–H and O–H groups in total. The molecule has 0 aromatic carbocycles. The van der Waals surface area contributed by atoms with Gasteiger partial charge in [0.05, 0.1) is 6.17 Å². The van der Waals surface area contributed by atoms with Crippen LogP contribution >= 0.6 is 0 Å². The standard InChI is InChI=1S/C14H26N2/c1-2-14(15)16-11-7-6-10-13(16)12-8-4-3-5-9-12/h2,12-14H,1,3-11,15H2. The molecule has 0 spiro atoms. The van der Waals surface area contributed by atoms with Crippen molar-refractivity contribution < 1.29 is 0 Å². The van der Waals surface area contributed by atoms with Crippen LogP contribution in [0.15, 0.2) is 12.7 Å². The fraction of sp³-hybridized carbons (Fsp3) is 0.857. The van der Waals surface area contributed by atoms with Gasteiger partial charge in [-0.05, 0) is 31.6 Å². The second-order valence-electron chi connectivity index (χ2n) is 5.43. The molecule has 2 fully saturated rings. The molecular weight excluding hydrogens is 196 g/mol. The molecule has 1 saturated heterocycles. The first-order valence-corrected chi connectivity index (χ1v) is 6.97. The zero-order valence-corrected chi connectivity index (χ0v) is 10.4. The highest BCUT2D eigenvalue weighted by Gasteiger charge is 2.32. The molecule has 92 valence electrons. The Morgan fingerprint density at radius 2 is 1.75 bits per heavy atom. The second kappa shape index (κ2) is 5.83. The Bertz CT molecular complexity index is 221. The lowest BCUT2D eigenvalue weighted by Gasteiger charge is -2.44. The van der Waals surface area contributed by atoms with Gasteiger partial charge in [0.2, 0.25) is 0 Å². The first-order valence-electron chi connectivity index (χ1n) is 6.97. The van der Waals surface area contributed by atoms with Crippen LogP contribution in [-0.4, -0.2) is 23.7 Å². The van der Waals surface area contributed by atoms with Gasteiger partial charge < -0.3 is 5.73 Å². The molecule has 1 saturated carbocycles. The van der Waals surface area contributed by atoms with Crippen molar-refractivity contribution in [3.63, 3.8) is 0 Å². The molecule has 1 aliphatic carbocycles. The fourth-order valence-electron chi connectivity index (χ4n) is 3.51. The summed E-state index contributed by atoms with van der Waals surface area (Å²) in [5, 5.41) is 0. The van der Waals surface area contributed by atoms with E-state index in [0.29, 0.717) is 0 Å². The van der Waals surface area contributed by atoms with Crippen molar-refractivity contribution in [2.45, 2.75) is 63.6 Å². The number of hydrogen-bond donors (Lipinski definition) is 1. The van der Waals surface area contributed by atoms with E-state index < -0.39 is 0 Å². The Morgan fingerprint density at radius 1 is 1.06 bits per heavy atom. The zero-order chi connectivity index (χ0) is 11.4. The SMILES string of the molecule is C=CC(N)N1CCCCC1C1CCCCC1. The highest BCUT2D eigenvalue weighted by atomic mass is 15.2. The number of likely N-dealkylation sites (tertiary alicyclic amines) is 1. The average molecular weight is 222 g/mol. The summed E-state index contributed by atoms with van der Waals surface area (Å²) in [4.78, 5) is 2.51. The van der Waals surface area contributed by atoms with E-state index in [1.165, 1.54) is 57.9 Å². The molecular formula is C14H26N2. The molecule has 2 rings (SSSR count). The lowest BCUT2D eigenvalue weighted by molar-refractivity contribution is 0.0608. The predicted molar refractivity (Wildman–Crippen MR) is 69.1 cm³/mol. The van der Waals surface area contributed by atoms with E-state index >= 15 is 0 Å². The van der Waals surface area contributed by atoms with Crippen LogP contribution in [0.4, 0.5) is 0 Å². The summed E-state index contributed by atoms with van der Waals surface area (Å²) in [5.74, 6) is 0.903. The smallest absolute Gasteiger partial charge is 0.0763 e. The number of rotatable bonds is 3. The quantitative estimate of drug-likeness (QED) is 0.744. The Hall–Kier alpha value is -0.340. The van der Waals surface area contributed by atoms with Crippen molar-refractivity contribution in [3.8, 4) is 0 Å². The number of hydrogen-bond acceptors (Lipinski definition) is 2. The van der Waals surface area contributed by atoms with Crippen molar-refractivity contribution in [2.24, 2.45) is 11.7 Å². The average Bonchev–Trinajstić information content (AvgIpc) is 2.39. The zero-order valence-electron chi connectivity index (χ0n) is 10.4. The summed E-state index contributed by atoms with van der Waals surface area (Å²) in [5.41, 5.74) is 6.15. The van der Waals surface area contributed by atoms with Gasteiger partial charge in [-0.25, -0.2) is 0 Å². The molecule has 16 heavy (non-hydrogen) atoms. The van der Waals surface area contributed by atoms with Gasteiger partial charge in [-0.3, -0.25) is 4.90 Å². The van der Waals surface area contributed by atoms with Crippen LogP contribution in [0.5, 0.6) is 0 Å². The molecule has 1 aliphatic heterocycles. The maximum atomic E-state index is 6.15. The minimum atomic E-state index is 0.0761. The lowest BCUT2D eigenvalue weighted by atomic mass is 9.80.